The largest absolute Gasteiger partial charge is 0.497 e. The molecule has 2 N–H and O–H groups in total. The van der Waals surface area contributed by atoms with Crippen LogP contribution in [-0.2, 0) is 10.8 Å². The lowest BCUT2D eigenvalue weighted by Crippen LogP contribution is -2.37. The van der Waals surface area contributed by atoms with E-state index in [1.807, 2.05) is 24.3 Å². The number of nitrogens with two attached hydrogens (primary N) is 1. The van der Waals surface area contributed by atoms with E-state index in [1.54, 1.807) is 7.11 Å². The van der Waals surface area contributed by atoms with Crippen LogP contribution in [0, 0.1) is 11.8 Å². The van der Waals surface area contributed by atoms with Crippen LogP contribution >= 0.6 is 0 Å². The molecule has 2 rings (SSSR count). The van der Waals surface area contributed by atoms with E-state index in [-0.39, 0.29) is 5.25 Å². The van der Waals surface area contributed by atoms with Gasteiger partial charge in [0, 0.05) is 10.1 Å². The fourth-order valence-corrected chi connectivity index (χ4v) is 5.16. The van der Waals surface area contributed by atoms with E-state index in [2.05, 4.69) is 6.92 Å². The van der Waals surface area contributed by atoms with E-state index >= 15 is 0 Å². The maximum Gasteiger partial charge on any atom is 0.118 e. The van der Waals surface area contributed by atoms with Gasteiger partial charge in [0.1, 0.15) is 5.75 Å². The molecule has 0 bridgehead atoms. The number of benzene rings is 1. The van der Waals surface area contributed by atoms with E-state index < -0.39 is 10.8 Å². The first-order valence-electron chi connectivity index (χ1n) is 7.94. The fourth-order valence-electron chi connectivity index (χ4n) is 3.36. The monoisotopic (exact) mass is 309 g/mol. The van der Waals surface area contributed by atoms with Gasteiger partial charge < -0.3 is 10.5 Å². The van der Waals surface area contributed by atoms with Crippen molar-refractivity contribution < 1.29 is 8.95 Å². The van der Waals surface area contributed by atoms with E-state index in [4.69, 9.17) is 10.5 Å². The molecule has 1 aromatic rings. The number of hydrogen-bond acceptors (Lipinski definition) is 3. The van der Waals surface area contributed by atoms with Crippen LogP contribution in [0.25, 0.3) is 0 Å². The predicted molar refractivity (Wildman–Crippen MR) is 88.0 cm³/mol. The van der Waals surface area contributed by atoms with Gasteiger partial charge in [-0.1, -0.05) is 26.2 Å². The Bertz CT molecular complexity index is 460. The topological polar surface area (TPSA) is 52.3 Å². The van der Waals surface area contributed by atoms with Gasteiger partial charge in [-0.05, 0) is 55.5 Å². The van der Waals surface area contributed by atoms with Crippen molar-refractivity contribution in [3.8, 4) is 5.75 Å². The molecule has 1 saturated carbocycles. The van der Waals surface area contributed by atoms with Crippen molar-refractivity contribution in [2.45, 2.75) is 49.2 Å². The van der Waals surface area contributed by atoms with Crippen molar-refractivity contribution in [2.24, 2.45) is 17.6 Å². The molecule has 1 aliphatic rings. The van der Waals surface area contributed by atoms with Crippen molar-refractivity contribution in [3.05, 3.63) is 24.3 Å². The Balaban J connectivity index is 2.12. The summed E-state index contributed by atoms with van der Waals surface area (Å²) in [5.41, 5.74) is 5.92. The zero-order chi connectivity index (χ0) is 15.2. The summed E-state index contributed by atoms with van der Waals surface area (Å²) in [5.74, 6) is 1.91. The lowest BCUT2D eigenvalue weighted by atomic mass is 9.80. The Morgan fingerprint density at radius 2 is 2.00 bits per heavy atom. The van der Waals surface area contributed by atoms with Gasteiger partial charge in [0.05, 0.1) is 17.9 Å². The summed E-state index contributed by atoms with van der Waals surface area (Å²) >= 11 is 0. The SMILES string of the molecule is CCCC1CCC(CN)C(S(=O)c2ccc(OC)cc2)C1. The van der Waals surface area contributed by atoms with E-state index in [0.29, 0.717) is 18.4 Å². The Kier molecular flexibility index (Phi) is 6.24. The number of methoxy groups -OCH3 is 1. The molecule has 4 heteroatoms. The van der Waals surface area contributed by atoms with Crippen molar-refractivity contribution in [1.82, 2.24) is 0 Å². The maximum absolute atomic E-state index is 12.9. The summed E-state index contributed by atoms with van der Waals surface area (Å²) in [4.78, 5) is 0.899. The van der Waals surface area contributed by atoms with Gasteiger partial charge >= 0.3 is 0 Å². The van der Waals surface area contributed by atoms with Crippen LogP contribution < -0.4 is 10.5 Å². The molecule has 1 aromatic carbocycles. The fraction of sp³-hybridized carbons (Fsp3) is 0.647. The van der Waals surface area contributed by atoms with Gasteiger partial charge in [0.15, 0.2) is 0 Å². The lowest BCUT2D eigenvalue weighted by Gasteiger charge is -2.35. The minimum Gasteiger partial charge on any atom is -0.497 e. The van der Waals surface area contributed by atoms with Gasteiger partial charge in [-0.25, -0.2) is 0 Å². The van der Waals surface area contributed by atoms with Crippen molar-refractivity contribution in [2.75, 3.05) is 13.7 Å². The second-order valence-electron chi connectivity index (χ2n) is 5.97. The highest BCUT2D eigenvalue weighted by molar-refractivity contribution is 7.85. The standard InChI is InChI=1S/C17H27NO2S/c1-3-4-13-5-6-14(12-18)17(11-13)21(19)16-9-7-15(20-2)8-10-16/h7-10,13-14,17H,3-6,11-12,18H2,1-2H3. The summed E-state index contributed by atoms with van der Waals surface area (Å²) < 4.78 is 18.1. The van der Waals surface area contributed by atoms with Gasteiger partial charge in [-0.2, -0.15) is 0 Å². The average molecular weight is 309 g/mol. The highest BCUT2D eigenvalue weighted by Crippen LogP contribution is 2.36. The summed E-state index contributed by atoms with van der Waals surface area (Å²) in [7, 11) is 0.676. The molecule has 118 valence electrons. The molecule has 4 unspecified atom stereocenters. The van der Waals surface area contributed by atoms with Gasteiger partial charge in [0.2, 0.25) is 0 Å². The third-order valence-corrected chi connectivity index (χ3v) is 6.47. The van der Waals surface area contributed by atoms with E-state index in [1.165, 1.54) is 19.3 Å². The Labute approximate surface area is 130 Å². The minimum absolute atomic E-state index is 0.202. The van der Waals surface area contributed by atoms with Crippen LogP contribution in [0.1, 0.15) is 39.0 Å². The Morgan fingerprint density at radius 1 is 1.29 bits per heavy atom. The lowest BCUT2D eigenvalue weighted by molar-refractivity contribution is 0.272. The smallest absolute Gasteiger partial charge is 0.118 e. The Hall–Kier alpha value is -0.870. The molecule has 4 atom stereocenters. The van der Waals surface area contributed by atoms with E-state index in [0.717, 1.165) is 23.5 Å². The summed E-state index contributed by atoms with van der Waals surface area (Å²) in [6, 6.07) is 7.62. The van der Waals surface area contributed by atoms with Crippen molar-refractivity contribution in [3.63, 3.8) is 0 Å². The molecule has 1 fully saturated rings. The predicted octanol–water partition coefficient (Wildman–Crippen LogP) is 3.35. The quantitative estimate of drug-likeness (QED) is 0.877. The van der Waals surface area contributed by atoms with Gasteiger partial charge in [0.25, 0.3) is 0 Å². The second kappa shape index (κ2) is 7.95. The van der Waals surface area contributed by atoms with Gasteiger partial charge in [-0.15, -0.1) is 0 Å². The normalized spacial score (nSPS) is 27.3. The van der Waals surface area contributed by atoms with Crippen LogP contribution in [0.5, 0.6) is 5.75 Å². The first-order valence-corrected chi connectivity index (χ1v) is 9.15. The van der Waals surface area contributed by atoms with Crippen LogP contribution in [0.2, 0.25) is 0 Å². The summed E-state index contributed by atoms with van der Waals surface area (Å²) in [5, 5.41) is 0.202. The highest BCUT2D eigenvalue weighted by atomic mass is 32.2. The molecule has 0 heterocycles. The summed E-state index contributed by atoms with van der Waals surface area (Å²) in [6.07, 6.45) is 5.86. The Morgan fingerprint density at radius 3 is 2.57 bits per heavy atom. The molecule has 1 aliphatic carbocycles. The number of ether oxygens (including phenoxy) is 1. The zero-order valence-corrected chi connectivity index (χ0v) is 13.9. The molecular formula is C17H27NO2S. The molecule has 21 heavy (non-hydrogen) atoms. The van der Waals surface area contributed by atoms with Gasteiger partial charge in [-0.3, -0.25) is 4.21 Å². The third-order valence-electron chi connectivity index (χ3n) is 4.60. The average Bonchev–Trinajstić information content (AvgIpc) is 2.54. The number of hydrogen-bond donors (Lipinski definition) is 1. The van der Waals surface area contributed by atoms with Crippen LogP contribution in [0.15, 0.2) is 29.2 Å². The van der Waals surface area contributed by atoms with E-state index in [9.17, 15) is 4.21 Å². The van der Waals surface area contributed by atoms with Crippen molar-refractivity contribution >= 4 is 10.8 Å². The molecular weight excluding hydrogens is 282 g/mol. The molecule has 0 saturated heterocycles. The highest BCUT2D eigenvalue weighted by Gasteiger charge is 2.33. The maximum atomic E-state index is 12.9. The van der Waals surface area contributed by atoms with Crippen LogP contribution in [0.3, 0.4) is 0 Å². The first kappa shape index (κ1) is 16.5. The van der Waals surface area contributed by atoms with Crippen LogP contribution in [0.4, 0.5) is 0 Å². The van der Waals surface area contributed by atoms with Crippen molar-refractivity contribution in [1.29, 1.82) is 0 Å². The third kappa shape index (κ3) is 4.07. The minimum atomic E-state index is -0.970. The number of rotatable bonds is 6. The second-order valence-corrected chi connectivity index (χ2v) is 7.65. The molecule has 0 aromatic heterocycles. The molecule has 0 aliphatic heterocycles. The zero-order valence-electron chi connectivity index (χ0n) is 13.1. The first-order chi connectivity index (χ1) is 10.2. The molecule has 0 spiro atoms. The summed E-state index contributed by atoms with van der Waals surface area (Å²) in [6.45, 7) is 2.87. The molecule has 0 amide bonds. The molecule has 0 radical (unpaired) electrons. The molecule has 3 nitrogen and oxygen atoms in total. The van der Waals surface area contributed by atoms with Crippen LogP contribution in [-0.4, -0.2) is 23.1 Å².